The fraction of sp³-hybridized carbons (Fsp3) is 0.571. The van der Waals surface area contributed by atoms with Gasteiger partial charge in [-0.15, -0.1) is 0 Å². The number of ether oxygens (including phenoxy) is 1. The fourth-order valence-corrected chi connectivity index (χ4v) is 2.09. The molecule has 0 spiro atoms. The molecule has 1 aliphatic rings. The quantitative estimate of drug-likeness (QED) is 0.781. The first-order valence-electron chi connectivity index (χ1n) is 6.32. The lowest BCUT2D eigenvalue weighted by atomic mass is 9.98. The third-order valence-electron chi connectivity index (χ3n) is 3.11. The number of nitrogens with one attached hydrogen (secondary N) is 1. The van der Waals surface area contributed by atoms with E-state index < -0.39 is 0 Å². The van der Waals surface area contributed by atoms with Crippen LogP contribution in [0.1, 0.15) is 38.7 Å². The Morgan fingerprint density at radius 1 is 1.44 bits per heavy atom. The highest BCUT2D eigenvalue weighted by atomic mass is 16.5. The molecule has 0 aliphatic carbocycles. The van der Waals surface area contributed by atoms with Crippen LogP contribution in [-0.2, 0) is 6.42 Å². The number of rotatable bonds is 4. The van der Waals surface area contributed by atoms with Crippen LogP contribution in [0.3, 0.4) is 0 Å². The lowest BCUT2D eigenvalue weighted by Gasteiger charge is -2.26. The summed E-state index contributed by atoms with van der Waals surface area (Å²) < 4.78 is 5.83. The number of benzene rings is 1. The maximum Gasteiger partial charge on any atom is 0.142 e. The summed E-state index contributed by atoms with van der Waals surface area (Å²) in [7, 11) is 0. The van der Waals surface area contributed by atoms with Gasteiger partial charge in [-0.05, 0) is 37.8 Å². The minimum atomic E-state index is 0.559. The van der Waals surface area contributed by atoms with Gasteiger partial charge in [-0.3, -0.25) is 0 Å². The number of fused-ring (bicyclic) bond motifs is 1. The molecular formula is C14H21NO. The van der Waals surface area contributed by atoms with Crippen molar-refractivity contribution in [2.24, 2.45) is 0 Å². The summed E-state index contributed by atoms with van der Waals surface area (Å²) in [6.07, 6.45) is 4.68. The number of hydrogen-bond acceptors (Lipinski definition) is 2. The van der Waals surface area contributed by atoms with Crippen molar-refractivity contribution in [3.05, 3.63) is 23.8 Å². The molecule has 1 atom stereocenters. The molecular weight excluding hydrogens is 198 g/mol. The van der Waals surface area contributed by atoms with Crippen molar-refractivity contribution in [2.75, 3.05) is 11.9 Å². The van der Waals surface area contributed by atoms with Gasteiger partial charge in [0.15, 0.2) is 0 Å². The van der Waals surface area contributed by atoms with Gasteiger partial charge in [0, 0.05) is 6.04 Å². The van der Waals surface area contributed by atoms with Crippen LogP contribution in [0.15, 0.2) is 18.2 Å². The van der Waals surface area contributed by atoms with Crippen LogP contribution in [-0.4, -0.2) is 12.6 Å². The number of anilines is 1. The second-order valence-electron chi connectivity index (χ2n) is 4.58. The molecule has 2 rings (SSSR count). The van der Waals surface area contributed by atoms with E-state index in [0.29, 0.717) is 6.04 Å². The molecule has 0 saturated heterocycles. The molecule has 0 radical (unpaired) electrons. The zero-order chi connectivity index (χ0) is 11.4. The number of hydrogen-bond donors (Lipinski definition) is 1. The average molecular weight is 219 g/mol. The Bertz CT molecular complexity index is 349. The predicted molar refractivity (Wildman–Crippen MR) is 68.3 cm³/mol. The molecule has 0 amide bonds. The van der Waals surface area contributed by atoms with Gasteiger partial charge < -0.3 is 10.1 Å². The van der Waals surface area contributed by atoms with E-state index in [2.05, 4.69) is 37.4 Å². The maximum absolute atomic E-state index is 5.83. The van der Waals surface area contributed by atoms with Crippen LogP contribution in [0.4, 0.5) is 5.69 Å². The molecule has 1 N–H and O–H groups in total. The molecule has 1 aromatic rings. The second-order valence-corrected chi connectivity index (χ2v) is 4.58. The monoisotopic (exact) mass is 219 g/mol. The fourth-order valence-electron chi connectivity index (χ4n) is 2.09. The van der Waals surface area contributed by atoms with Gasteiger partial charge in [-0.1, -0.05) is 25.5 Å². The average Bonchev–Trinajstić information content (AvgIpc) is 2.30. The molecule has 1 heterocycles. The molecule has 1 aliphatic heterocycles. The van der Waals surface area contributed by atoms with Gasteiger partial charge in [-0.25, -0.2) is 0 Å². The van der Waals surface area contributed by atoms with Gasteiger partial charge in [0.25, 0.3) is 0 Å². The summed E-state index contributed by atoms with van der Waals surface area (Å²) in [6, 6.07) is 6.92. The molecule has 0 aromatic heterocycles. The van der Waals surface area contributed by atoms with E-state index in [4.69, 9.17) is 4.74 Å². The third kappa shape index (κ3) is 2.49. The second kappa shape index (κ2) is 5.24. The molecule has 2 heteroatoms. The molecule has 1 aromatic carbocycles. The largest absolute Gasteiger partial charge is 0.491 e. The summed E-state index contributed by atoms with van der Waals surface area (Å²) in [5.74, 6) is 1.03. The lowest BCUT2D eigenvalue weighted by molar-refractivity contribution is 0.310. The Morgan fingerprint density at radius 3 is 3.12 bits per heavy atom. The van der Waals surface area contributed by atoms with Crippen molar-refractivity contribution in [1.29, 1.82) is 0 Å². The molecule has 16 heavy (non-hydrogen) atoms. The van der Waals surface area contributed by atoms with E-state index in [-0.39, 0.29) is 0 Å². The zero-order valence-corrected chi connectivity index (χ0v) is 10.3. The molecule has 88 valence electrons. The van der Waals surface area contributed by atoms with Gasteiger partial charge in [0.1, 0.15) is 5.75 Å². The highest BCUT2D eigenvalue weighted by molar-refractivity contribution is 5.63. The Balaban J connectivity index is 2.12. The van der Waals surface area contributed by atoms with Crippen molar-refractivity contribution in [3.8, 4) is 5.75 Å². The Kier molecular flexibility index (Phi) is 3.70. The molecule has 0 fully saturated rings. The summed E-state index contributed by atoms with van der Waals surface area (Å²) in [5.41, 5.74) is 2.62. The molecule has 0 bridgehead atoms. The van der Waals surface area contributed by atoms with E-state index in [1.54, 1.807) is 0 Å². The zero-order valence-electron chi connectivity index (χ0n) is 10.3. The highest BCUT2D eigenvalue weighted by Gasteiger charge is 2.17. The van der Waals surface area contributed by atoms with E-state index in [0.717, 1.165) is 25.2 Å². The van der Waals surface area contributed by atoms with E-state index in [9.17, 15) is 0 Å². The van der Waals surface area contributed by atoms with E-state index >= 15 is 0 Å². The van der Waals surface area contributed by atoms with Crippen LogP contribution in [0, 0.1) is 0 Å². The van der Waals surface area contributed by atoms with Crippen LogP contribution >= 0.6 is 0 Å². The SMILES string of the molecule is CCCCOc1cccc2c1NC(C)CC2. The minimum Gasteiger partial charge on any atom is -0.491 e. The molecule has 1 unspecified atom stereocenters. The molecule has 0 saturated carbocycles. The predicted octanol–water partition coefficient (Wildman–Crippen LogP) is 3.61. The van der Waals surface area contributed by atoms with E-state index in [1.165, 1.54) is 24.1 Å². The van der Waals surface area contributed by atoms with Gasteiger partial charge in [0.2, 0.25) is 0 Å². The third-order valence-corrected chi connectivity index (χ3v) is 3.11. The first-order chi connectivity index (χ1) is 7.81. The van der Waals surface area contributed by atoms with Crippen LogP contribution in [0.25, 0.3) is 0 Å². The Morgan fingerprint density at radius 2 is 2.31 bits per heavy atom. The standard InChI is InChI=1S/C14H21NO/c1-3-4-10-16-13-7-5-6-12-9-8-11(2)15-14(12)13/h5-7,11,15H,3-4,8-10H2,1-2H3. The Labute approximate surface area is 98.0 Å². The Hall–Kier alpha value is -1.18. The van der Waals surface area contributed by atoms with Crippen molar-refractivity contribution in [1.82, 2.24) is 0 Å². The lowest BCUT2D eigenvalue weighted by Crippen LogP contribution is -2.22. The van der Waals surface area contributed by atoms with E-state index in [1.807, 2.05) is 0 Å². The summed E-state index contributed by atoms with van der Waals surface area (Å²) >= 11 is 0. The number of unbranched alkanes of at least 4 members (excludes halogenated alkanes) is 1. The van der Waals surface area contributed by atoms with Crippen LogP contribution in [0.5, 0.6) is 5.75 Å². The maximum atomic E-state index is 5.83. The van der Waals surface area contributed by atoms with Crippen LogP contribution < -0.4 is 10.1 Å². The normalized spacial score (nSPS) is 18.8. The first kappa shape index (κ1) is 11.3. The van der Waals surface area contributed by atoms with Gasteiger partial charge >= 0.3 is 0 Å². The summed E-state index contributed by atoms with van der Waals surface area (Å²) in [5, 5.41) is 3.53. The molecule has 2 nitrogen and oxygen atoms in total. The smallest absolute Gasteiger partial charge is 0.142 e. The summed E-state index contributed by atoms with van der Waals surface area (Å²) in [4.78, 5) is 0. The number of para-hydroxylation sites is 1. The van der Waals surface area contributed by atoms with Crippen molar-refractivity contribution < 1.29 is 4.74 Å². The highest BCUT2D eigenvalue weighted by Crippen LogP contribution is 2.33. The van der Waals surface area contributed by atoms with Crippen LogP contribution in [0.2, 0.25) is 0 Å². The minimum absolute atomic E-state index is 0.559. The topological polar surface area (TPSA) is 21.3 Å². The number of aryl methyl sites for hydroxylation is 1. The van der Waals surface area contributed by atoms with Crippen molar-refractivity contribution in [3.63, 3.8) is 0 Å². The van der Waals surface area contributed by atoms with Gasteiger partial charge in [0.05, 0.1) is 12.3 Å². The summed E-state index contributed by atoms with van der Waals surface area (Å²) in [6.45, 7) is 5.24. The first-order valence-corrected chi connectivity index (χ1v) is 6.32. The van der Waals surface area contributed by atoms with Crippen molar-refractivity contribution in [2.45, 2.75) is 45.6 Å². The van der Waals surface area contributed by atoms with Gasteiger partial charge in [-0.2, -0.15) is 0 Å². The van der Waals surface area contributed by atoms with Crippen molar-refractivity contribution >= 4 is 5.69 Å².